The second kappa shape index (κ2) is 11.0. The van der Waals surface area contributed by atoms with Crippen molar-refractivity contribution in [2.75, 3.05) is 26.2 Å². The van der Waals surface area contributed by atoms with Gasteiger partial charge in [-0.05, 0) is 48.2 Å². The molecule has 2 heterocycles. The van der Waals surface area contributed by atoms with Crippen LogP contribution in [0.5, 0.6) is 0 Å². The monoisotopic (exact) mass is 498 g/mol. The number of hydrogen-bond donors (Lipinski definition) is 1. The first kappa shape index (κ1) is 24.8. The first-order chi connectivity index (χ1) is 17.5. The van der Waals surface area contributed by atoms with Crippen molar-refractivity contribution >= 4 is 11.6 Å². The molecule has 0 radical (unpaired) electrons. The fourth-order valence-electron chi connectivity index (χ4n) is 5.58. The smallest absolute Gasteiger partial charge is 0.137 e. The first-order valence-corrected chi connectivity index (χ1v) is 13.3. The molecular formula is C31H35ClN4. The van der Waals surface area contributed by atoms with E-state index in [0.29, 0.717) is 5.92 Å². The third-order valence-electron chi connectivity index (χ3n) is 7.29. The Morgan fingerprint density at radius 2 is 1.28 bits per heavy atom. The number of piperazine rings is 1. The van der Waals surface area contributed by atoms with Crippen molar-refractivity contribution in [3.05, 3.63) is 112 Å². The van der Waals surface area contributed by atoms with Crippen LogP contribution in [0.1, 0.15) is 48.4 Å². The summed E-state index contributed by atoms with van der Waals surface area (Å²) in [7, 11) is 0. The normalized spacial score (nSPS) is 16.1. The van der Waals surface area contributed by atoms with Crippen LogP contribution in [0.3, 0.4) is 0 Å². The van der Waals surface area contributed by atoms with Gasteiger partial charge in [-0.25, -0.2) is 4.98 Å². The maximum absolute atomic E-state index is 6.10. The minimum absolute atomic E-state index is 0.274. The van der Waals surface area contributed by atoms with Crippen molar-refractivity contribution in [3.63, 3.8) is 0 Å². The number of aryl methyl sites for hydroxylation is 1. The standard InChI is InChI=1S/C31H35ClN4/c1-22(2)29(28-23(3)33-31(34-28)26-14-16-27(32)17-15-26)35-18-20-36(21-19-35)30(24-10-6-4-7-11-24)25-12-8-5-9-13-25/h4-17,22,29-30H,18-21H2,1-3H3,(H,33,34). The minimum atomic E-state index is 0.274. The molecule has 0 bridgehead atoms. The highest BCUT2D eigenvalue weighted by Crippen LogP contribution is 2.35. The van der Waals surface area contributed by atoms with Gasteiger partial charge in [0.25, 0.3) is 0 Å². The van der Waals surface area contributed by atoms with Gasteiger partial charge in [0.05, 0.1) is 17.8 Å². The number of benzene rings is 3. The molecule has 3 aromatic carbocycles. The number of nitrogens with one attached hydrogen (secondary N) is 1. The Hall–Kier alpha value is -2.92. The summed E-state index contributed by atoms with van der Waals surface area (Å²) < 4.78 is 0. The largest absolute Gasteiger partial charge is 0.342 e. The van der Waals surface area contributed by atoms with E-state index in [2.05, 4.69) is 96.2 Å². The zero-order chi connectivity index (χ0) is 25.1. The van der Waals surface area contributed by atoms with E-state index in [1.807, 2.05) is 24.3 Å². The molecule has 1 aromatic heterocycles. The van der Waals surface area contributed by atoms with Gasteiger partial charge in [-0.2, -0.15) is 0 Å². The molecule has 0 spiro atoms. The Labute approximate surface area is 219 Å². The molecule has 5 rings (SSSR count). The van der Waals surface area contributed by atoms with E-state index in [0.717, 1.165) is 54.0 Å². The molecule has 0 aliphatic carbocycles. The van der Waals surface area contributed by atoms with Gasteiger partial charge in [0, 0.05) is 42.5 Å². The molecule has 0 saturated carbocycles. The van der Waals surface area contributed by atoms with Crippen molar-refractivity contribution in [3.8, 4) is 11.4 Å². The fraction of sp³-hybridized carbons (Fsp3) is 0.323. The van der Waals surface area contributed by atoms with Crippen LogP contribution in [0.2, 0.25) is 5.02 Å². The van der Waals surface area contributed by atoms with Crippen molar-refractivity contribution in [1.29, 1.82) is 0 Å². The summed E-state index contributed by atoms with van der Waals surface area (Å²) in [6.45, 7) is 10.8. The minimum Gasteiger partial charge on any atom is -0.342 e. The molecular weight excluding hydrogens is 464 g/mol. The fourth-order valence-corrected chi connectivity index (χ4v) is 5.70. The number of aromatic nitrogens is 2. The third-order valence-corrected chi connectivity index (χ3v) is 7.54. The Morgan fingerprint density at radius 3 is 1.81 bits per heavy atom. The molecule has 1 aliphatic rings. The van der Waals surface area contributed by atoms with Crippen LogP contribution in [0.15, 0.2) is 84.9 Å². The summed E-state index contributed by atoms with van der Waals surface area (Å²) in [5.74, 6) is 1.37. The van der Waals surface area contributed by atoms with Crippen LogP contribution in [0.25, 0.3) is 11.4 Å². The molecule has 186 valence electrons. The molecule has 1 fully saturated rings. The summed E-state index contributed by atoms with van der Waals surface area (Å²) in [6, 6.07) is 30.3. The zero-order valence-corrected chi connectivity index (χ0v) is 22.1. The van der Waals surface area contributed by atoms with Gasteiger partial charge < -0.3 is 4.98 Å². The number of hydrogen-bond acceptors (Lipinski definition) is 3. The quantitative estimate of drug-likeness (QED) is 0.294. The van der Waals surface area contributed by atoms with E-state index in [1.54, 1.807) is 0 Å². The van der Waals surface area contributed by atoms with Crippen molar-refractivity contribution in [2.45, 2.75) is 32.9 Å². The average Bonchev–Trinajstić information content (AvgIpc) is 3.27. The number of aromatic amines is 1. The maximum atomic E-state index is 6.10. The van der Waals surface area contributed by atoms with Gasteiger partial charge in [-0.1, -0.05) is 86.1 Å². The first-order valence-electron chi connectivity index (χ1n) is 12.9. The van der Waals surface area contributed by atoms with Crippen LogP contribution in [-0.4, -0.2) is 45.9 Å². The Bertz CT molecular complexity index is 1200. The van der Waals surface area contributed by atoms with E-state index in [-0.39, 0.29) is 12.1 Å². The van der Waals surface area contributed by atoms with Crippen molar-refractivity contribution in [2.24, 2.45) is 5.92 Å². The highest BCUT2D eigenvalue weighted by Gasteiger charge is 2.33. The van der Waals surface area contributed by atoms with Crippen molar-refractivity contribution < 1.29 is 0 Å². The van der Waals surface area contributed by atoms with E-state index in [9.17, 15) is 0 Å². The van der Waals surface area contributed by atoms with E-state index in [4.69, 9.17) is 16.6 Å². The molecule has 4 nitrogen and oxygen atoms in total. The lowest BCUT2D eigenvalue weighted by atomic mass is 9.94. The van der Waals surface area contributed by atoms with Gasteiger partial charge in [-0.3, -0.25) is 9.80 Å². The second-order valence-corrected chi connectivity index (χ2v) is 10.5. The van der Waals surface area contributed by atoms with E-state index >= 15 is 0 Å². The molecule has 1 saturated heterocycles. The van der Waals surface area contributed by atoms with Crippen LogP contribution in [0, 0.1) is 12.8 Å². The van der Waals surface area contributed by atoms with E-state index < -0.39 is 0 Å². The van der Waals surface area contributed by atoms with Gasteiger partial charge >= 0.3 is 0 Å². The number of halogens is 1. The predicted octanol–water partition coefficient (Wildman–Crippen LogP) is 7.14. The SMILES string of the molecule is Cc1[nH]c(-c2ccc(Cl)cc2)nc1C(C(C)C)N1CCN(C(c2ccccc2)c2ccccc2)CC1. The topological polar surface area (TPSA) is 35.2 Å². The Kier molecular flexibility index (Phi) is 7.56. The Morgan fingerprint density at radius 1 is 0.750 bits per heavy atom. The number of nitrogens with zero attached hydrogens (tertiary/aromatic N) is 3. The predicted molar refractivity (Wildman–Crippen MR) is 149 cm³/mol. The molecule has 36 heavy (non-hydrogen) atoms. The lowest BCUT2D eigenvalue weighted by molar-refractivity contribution is 0.0599. The number of H-pyrrole nitrogens is 1. The number of rotatable bonds is 7. The molecule has 0 amide bonds. The van der Waals surface area contributed by atoms with Gasteiger partial charge in [0.2, 0.25) is 0 Å². The molecule has 1 N–H and O–H groups in total. The highest BCUT2D eigenvalue weighted by molar-refractivity contribution is 6.30. The Balaban J connectivity index is 1.37. The van der Waals surface area contributed by atoms with Gasteiger partial charge in [0.1, 0.15) is 5.82 Å². The molecule has 5 heteroatoms. The van der Waals surface area contributed by atoms with Crippen LogP contribution >= 0.6 is 11.6 Å². The molecule has 4 aromatic rings. The maximum Gasteiger partial charge on any atom is 0.137 e. The summed E-state index contributed by atoms with van der Waals surface area (Å²) in [6.07, 6.45) is 0. The second-order valence-electron chi connectivity index (χ2n) is 10.1. The van der Waals surface area contributed by atoms with Crippen LogP contribution in [0.4, 0.5) is 0 Å². The lowest BCUT2D eigenvalue weighted by Crippen LogP contribution is -2.50. The highest BCUT2D eigenvalue weighted by atomic mass is 35.5. The third kappa shape index (κ3) is 5.27. The van der Waals surface area contributed by atoms with Gasteiger partial charge in [0.15, 0.2) is 0 Å². The summed E-state index contributed by atoms with van der Waals surface area (Å²) in [5, 5.41) is 0.740. The van der Waals surface area contributed by atoms with Crippen LogP contribution < -0.4 is 0 Å². The van der Waals surface area contributed by atoms with Crippen LogP contribution in [-0.2, 0) is 0 Å². The zero-order valence-electron chi connectivity index (χ0n) is 21.4. The summed E-state index contributed by atoms with van der Waals surface area (Å²) >= 11 is 6.10. The molecule has 1 aliphatic heterocycles. The summed E-state index contributed by atoms with van der Waals surface area (Å²) in [5.41, 5.74) is 6.08. The summed E-state index contributed by atoms with van der Waals surface area (Å²) in [4.78, 5) is 13.9. The lowest BCUT2D eigenvalue weighted by Gasteiger charge is -2.43. The van der Waals surface area contributed by atoms with Crippen molar-refractivity contribution in [1.82, 2.24) is 19.8 Å². The molecule has 1 atom stereocenters. The number of imidazole rings is 1. The van der Waals surface area contributed by atoms with E-state index in [1.165, 1.54) is 11.1 Å². The average molecular weight is 499 g/mol. The molecule has 1 unspecified atom stereocenters. The van der Waals surface area contributed by atoms with Gasteiger partial charge in [-0.15, -0.1) is 0 Å².